The van der Waals surface area contributed by atoms with Crippen LogP contribution in [0, 0.1) is 6.92 Å². The Kier molecular flexibility index (Phi) is 1.87. The molecule has 3 atom stereocenters. The first-order chi connectivity index (χ1) is 6.09. The summed E-state index contributed by atoms with van der Waals surface area (Å²) < 4.78 is 1.66. The summed E-state index contributed by atoms with van der Waals surface area (Å²) in [6.07, 6.45) is -1.39. The summed E-state index contributed by atoms with van der Waals surface area (Å²) in [6.45, 7) is 2.09. The van der Waals surface area contributed by atoms with E-state index in [1.807, 2.05) is 0 Å². The molecule has 0 fully saturated rings. The Labute approximate surface area is 75.3 Å². The lowest BCUT2D eigenvalue weighted by Crippen LogP contribution is -2.41. The number of hydrogen-bond donors (Lipinski definition) is 3. The van der Waals surface area contributed by atoms with Crippen molar-refractivity contribution in [3.8, 4) is 0 Å². The Morgan fingerprint density at radius 3 is 2.85 bits per heavy atom. The summed E-state index contributed by atoms with van der Waals surface area (Å²) >= 11 is 0. The SMILES string of the molecule is Cc1cn2c(n1)C(O)C(O)C(O)C2. The summed E-state index contributed by atoms with van der Waals surface area (Å²) in [7, 11) is 0. The van der Waals surface area contributed by atoms with Crippen molar-refractivity contribution in [3.05, 3.63) is 17.7 Å². The van der Waals surface area contributed by atoms with Crippen molar-refractivity contribution in [3.63, 3.8) is 0 Å². The van der Waals surface area contributed by atoms with E-state index in [4.69, 9.17) is 0 Å². The molecule has 0 bridgehead atoms. The second kappa shape index (κ2) is 2.80. The van der Waals surface area contributed by atoms with Crippen molar-refractivity contribution in [1.82, 2.24) is 9.55 Å². The fourth-order valence-corrected chi connectivity index (χ4v) is 1.62. The minimum absolute atomic E-state index is 0.286. The topological polar surface area (TPSA) is 78.5 Å². The van der Waals surface area contributed by atoms with Gasteiger partial charge in [0.2, 0.25) is 0 Å². The first-order valence-corrected chi connectivity index (χ1v) is 4.17. The molecule has 5 heteroatoms. The molecule has 1 aromatic rings. The second-order valence-corrected chi connectivity index (χ2v) is 3.40. The van der Waals surface area contributed by atoms with Crippen LogP contribution in [-0.2, 0) is 6.54 Å². The van der Waals surface area contributed by atoms with E-state index >= 15 is 0 Å². The number of hydrogen-bond acceptors (Lipinski definition) is 4. The third-order valence-corrected chi connectivity index (χ3v) is 2.29. The van der Waals surface area contributed by atoms with Crippen LogP contribution in [0.3, 0.4) is 0 Å². The van der Waals surface area contributed by atoms with Gasteiger partial charge < -0.3 is 19.9 Å². The van der Waals surface area contributed by atoms with Gasteiger partial charge in [0.15, 0.2) is 0 Å². The highest BCUT2D eigenvalue weighted by molar-refractivity contribution is 5.10. The molecule has 0 saturated heterocycles. The molecular formula is C8H12N2O3. The third-order valence-electron chi connectivity index (χ3n) is 2.29. The summed E-state index contributed by atoms with van der Waals surface area (Å²) in [4.78, 5) is 4.06. The lowest BCUT2D eigenvalue weighted by atomic mass is 10.0. The van der Waals surface area contributed by atoms with Crippen LogP contribution in [0.2, 0.25) is 0 Å². The monoisotopic (exact) mass is 184 g/mol. The molecule has 0 aromatic carbocycles. The standard InChI is InChI=1S/C8H12N2O3/c1-4-2-10-3-5(11)6(12)7(13)8(10)9-4/h2,5-7,11-13H,3H2,1H3. The Balaban J connectivity index is 2.42. The van der Waals surface area contributed by atoms with Crippen molar-refractivity contribution in [1.29, 1.82) is 0 Å². The molecule has 0 radical (unpaired) electrons. The molecule has 3 unspecified atom stereocenters. The van der Waals surface area contributed by atoms with E-state index in [-0.39, 0.29) is 6.54 Å². The summed E-state index contributed by atoms with van der Waals surface area (Å²) in [5, 5.41) is 28.2. The first kappa shape index (κ1) is 8.68. The molecule has 5 nitrogen and oxygen atoms in total. The highest BCUT2D eigenvalue weighted by atomic mass is 16.4. The quantitative estimate of drug-likeness (QED) is 0.481. The second-order valence-electron chi connectivity index (χ2n) is 3.40. The van der Waals surface area contributed by atoms with Crippen LogP contribution in [0.5, 0.6) is 0 Å². The van der Waals surface area contributed by atoms with Gasteiger partial charge in [0.05, 0.1) is 12.2 Å². The van der Waals surface area contributed by atoms with Gasteiger partial charge in [0.25, 0.3) is 0 Å². The van der Waals surface area contributed by atoms with Crippen LogP contribution in [0.25, 0.3) is 0 Å². The molecule has 72 valence electrons. The minimum atomic E-state index is -1.13. The largest absolute Gasteiger partial charge is 0.388 e. The van der Waals surface area contributed by atoms with E-state index in [0.29, 0.717) is 5.82 Å². The highest BCUT2D eigenvalue weighted by Crippen LogP contribution is 2.24. The Bertz CT molecular complexity index is 323. The maximum absolute atomic E-state index is 9.52. The van der Waals surface area contributed by atoms with Crippen molar-refractivity contribution in [2.45, 2.75) is 31.8 Å². The molecule has 1 aromatic heterocycles. The van der Waals surface area contributed by atoms with E-state index in [1.54, 1.807) is 17.7 Å². The zero-order valence-corrected chi connectivity index (χ0v) is 7.25. The van der Waals surface area contributed by atoms with Crippen LogP contribution < -0.4 is 0 Å². The van der Waals surface area contributed by atoms with Crippen molar-refractivity contribution < 1.29 is 15.3 Å². The molecule has 3 N–H and O–H groups in total. The first-order valence-electron chi connectivity index (χ1n) is 4.17. The van der Waals surface area contributed by atoms with Gasteiger partial charge in [-0.05, 0) is 6.92 Å². The molecule has 0 aliphatic carbocycles. The van der Waals surface area contributed by atoms with Crippen molar-refractivity contribution >= 4 is 0 Å². The molecule has 1 aliphatic heterocycles. The zero-order valence-electron chi connectivity index (χ0n) is 7.25. The van der Waals surface area contributed by atoms with Gasteiger partial charge in [-0.25, -0.2) is 4.98 Å². The van der Waals surface area contributed by atoms with Gasteiger partial charge in [-0.1, -0.05) is 0 Å². The summed E-state index contributed by atoms with van der Waals surface area (Å²) in [6, 6.07) is 0. The maximum atomic E-state index is 9.52. The van der Waals surface area contributed by atoms with Gasteiger partial charge in [-0.15, -0.1) is 0 Å². The number of aromatic nitrogens is 2. The zero-order chi connectivity index (χ0) is 9.59. The molecule has 1 aliphatic rings. The van der Waals surface area contributed by atoms with Gasteiger partial charge in [-0.3, -0.25) is 0 Å². The maximum Gasteiger partial charge on any atom is 0.140 e. The van der Waals surface area contributed by atoms with E-state index in [0.717, 1.165) is 5.69 Å². The van der Waals surface area contributed by atoms with Gasteiger partial charge in [-0.2, -0.15) is 0 Å². The molecule has 2 heterocycles. The molecule has 2 rings (SSSR count). The Morgan fingerprint density at radius 2 is 2.15 bits per heavy atom. The number of rotatable bonds is 0. The third kappa shape index (κ3) is 1.25. The van der Waals surface area contributed by atoms with Crippen LogP contribution in [-0.4, -0.2) is 37.1 Å². The average Bonchev–Trinajstić information content (AvgIpc) is 2.42. The van der Waals surface area contributed by atoms with Crippen LogP contribution in [0.15, 0.2) is 6.20 Å². The van der Waals surface area contributed by atoms with Crippen molar-refractivity contribution in [2.24, 2.45) is 0 Å². The number of aliphatic hydroxyl groups is 3. The number of aryl methyl sites for hydroxylation is 1. The predicted molar refractivity (Wildman–Crippen MR) is 43.9 cm³/mol. The number of nitrogens with zero attached hydrogens (tertiary/aromatic N) is 2. The average molecular weight is 184 g/mol. The molecule has 0 amide bonds. The van der Waals surface area contributed by atoms with E-state index in [2.05, 4.69) is 4.98 Å². The fraction of sp³-hybridized carbons (Fsp3) is 0.625. The predicted octanol–water partition coefficient (Wildman–Crippen LogP) is -1.04. The normalized spacial score (nSPS) is 33.1. The minimum Gasteiger partial charge on any atom is -0.388 e. The molecular weight excluding hydrogens is 172 g/mol. The number of imidazole rings is 1. The van der Waals surface area contributed by atoms with Crippen LogP contribution in [0.4, 0.5) is 0 Å². The van der Waals surface area contributed by atoms with Crippen LogP contribution >= 0.6 is 0 Å². The van der Waals surface area contributed by atoms with Gasteiger partial charge in [0.1, 0.15) is 24.1 Å². The van der Waals surface area contributed by atoms with Gasteiger partial charge >= 0.3 is 0 Å². The highest BCUT2D eigenvalue weighted by Gasteiger charge is 2.34. The smallest absolute Gasteiger partial charge is 0.140 e. The molecule has 13 heavy (non-hydrogen) atoms. The Hall–Kier alpha value is -0.910. The number of fused-ring (bicyclic) bond motifs is 1. The van der Waals surface area contributed by atoms with E-state index in [1.165, 1.54) is 0 Å². The molecule has 0 spiro atoms. The summed E-state index contributed by atoms with van der Waals surface area (Å²) in [5.41, 5.74) is 0.773. The van der Waals surface area contributed by atoms with Crippen LogP contribution in [0.1, 0.15) is 17.6 Å². The van der Waals surface area contributed by atoms with Crippen molar-refractivity contribution in [2.75, 3.05) is 0 Å². The Morgan fingerprint density at radius 1 is 1.46 bits per heavy atom. The lowest BCUT2D eigenvalue weighted by molar-refractivity contribution is -0.0854. The number of aliphatic hydroxyl groups excluding tert-OH is 3. The lowest BCUT2D eigenvalue weighted by Gasteiger charge is -2.28. The van der Waals surface area contributed by atoms with E-state index in [9.17, 15) is 15.3 Å². The van der Waals surface area contributed by atoms with Gasteiger partial charge in [0, 0.05) is 6.20 Å². The van der Waals surface area contributed by atoms with E-state index < -0.39 is 18.3 Å². The fourth-order valence-electron chi connectivity index (χ4n) is 1.62. The summed E-state index contributed by atoms with van der Waals surface area (Å²) in [5.74, 6) is 0.426. The molecule has 0 saturated carbocycles.